The minimum absolute atomic E-state index is 0.445. The van der Waals surface area contributed by atoms with Crippen molar-refractivity contribution in [1.82, 2.24) is 10.6 Å². The number of imide groups is 1. The van der Waals surface area contributed by atoms with Crippen molar-refractivity contribution in [1.29, 1.82) is 0 Å². The maximum absolute atomic E-state index is 11.5. The summed E-state index contributed by atoms with van der Waals surface area (Å²) in [6.07, 6.45) is -0.102. The van der Waals surface area contributed by atoms with Crippen LogP contribution < -0.4 is 15.4 Å². The van der Waals surface area contributed by atoms with E-state index in [4.69, 9.17) is 4.74 Å². The molecule has 1 aromatic carbocycles. The summed E-state index contributed by atoms with van der Waals surface area (Å²) in [5.41, 5.74) is 0.518. The van der Waals surface area contributed by atoms with Gasteiger partial charge in [0.25, 0.3) is 5.91 Å². The Kier molecular flexibility index (Phi) is 4.86. The van der Waals surface area contributed by atoms with Crippen LogP contribution >= 0.6 is 0 Å². The first-order chi connectivity index (χ1) is 8.56. The molecule has 0 saturated carbocycles. The Labute approximate surface area is 104 Å². The molecule has 2 N–H and O–H groups in total. The standard InChI is InChI=1S/C12H14N2O4/c1-8(11(16)14-12(17)13-2)18-10-5-3-9(7-15)4-6-10/h3-8H,1-2H3,(H2,13,14,16,17). The van der Waals surface area contributed by atoms with Crippen LogP contribution in [-0.4, -0.2) is 31.4 Å². The summed E-state index contributed by atoms with van der Waals surface area (Å²) in [4.78, 5) is 32.9. The highest BCUT2D eigenvalue weighted by atomic mass is 16.5. The lowest BCUT2D eigenvalue weighted by atomic mass is 10.2. The number of hydrogen-bond acceptors (Lipinski definition) is 4. The van der Waals surface area contributed by atoms with Gasteiger partial charge in [-0.05, 0) is 31.2 Å². The smallest absolute Gasteiger partial charge is 0.321 e. The second kappa shape index (κ2) is 6.39. The number of amides is 3. The third-order valence-corrected chi connectivity index (χ3v) is 2.16. The van der Waals surface area contributed by atoms with Gasteiger partial charge in [-0.3, -0.25) is 14.9 Å². The van der Waals surface area contributed by atoms with E-state index >= 15 is 0 Å². The highest BCUT2D eigenvalue weighted by Crippen LogP contribution is 2.12. The minimum Gasteiger partial charge on any atom is -0.481 e. The van der Waals surface area contributed by atoms with Gasteiger partial charge in [-0.1, -0.05) is 0 Å². The number of nitrogens with one attached hydrogen (secondary N) is 2. The van der Waals surface area contributed by atoms with Gasteiger partial charge in [0.05, 0.1) is 0 Å². The first kappa shape index (κ1) is 13.7. The van der Waals surface area contributed by atoms with Crippen LogP contribution in [0.3, 0.4) is 0 Å². The zero-order chi connectivity index (χ0) is 13.5. The molecule has 0 aromatic heterocycles. The Morgan fingerprint density at radius 3 is 2.39 bits per heavy atom. The molecule has 0 bridgehead atoms. The predicted octanol–water partition coefficient (Wildman–Crippen LogP) is 0.722. The van der Waals surface area contributed by atoms with Gasteiger partial charge in [0.1, 0.15) is 12.0 Å². The van der Waals surface area contributed by atoms with E-state index in [0.29, 0.717) is 17.6 Å². The molecule has 0 radical (unpaired) electrons. The molecule has 0 aliphatic heterocycles. The van der Waals surface area contributed by atoms with E-state index in [2.05, 4.69) is 10.6 Å². The molecule has 3 amide bonds. The number of aldehydes is 1. The zero-order valence-electron chi connectivity index (χ0n) is 10.1. The summed E-state index contributed by atoms with van der Waals surface area (Å²) in [5, 5.41) is 4.37. The van der Waals surface area contributed by atoms with Gasteiger partial charge in [-0.25, -0.2) is 4.79 Å². The second-order valence-corrected chi connectivity index (χ2v) is 3.52. The summed E-state index contributed by atoms with van der Waals surface area (Å²) < 4.78 is 5.31. The Bertz CT molecular complexity index is 442. The van der Waals surface area contributed by atoms with Crippen LogP contribution in [0.25, 0.3) is 0 Å². The lowest BCUT2D eigenvalue weighted by Crippen LogP contribution is -2.43. The number of rotatable bonds is 4. The average Bonchev–Trinajstić information content (AvgIpc) is 2.39. The highest BCUT2D eigenvalue weighted by Gasteiger charge is 2.16. The molecule has 1 unspecified atom stereocenters. The number of carbonyl (C=O) groups excluding carboxylic acids is 3. The number of urea groups is 1. The van der Waals surface area contributed by atoms with Gasteiger partial charge in [-0.2, -0.15) is 0 Å². The van der Waals surface area contributed by atoms with Crippen molar-refractivity contribution in [2.24, 2.45) is 0 Å². The van der Waals surface area contributed by atoms with Crippen molar-refractivity contribution in [3.8, 4) is 5.75 Å². The van der Waals surface area contributed by atoms with Crippen molar-refractivity contribution >= 4 is 18.2 Å². The Balaban J connectivity index is 2.57. The molecule has 1 atom stereocenters. The predicted molar refractivity (Wildman–Crippen MR) is 64.5 cm³/mol. The fourth-order valence-electron chi connectivity index (χ4n) is 1.16. The summed E-state index contributed by atoms with van der Waals surface area (Å²) in [7, 11) is 1.41. The van der Waals surface area contributed by atoms with Gasteiger partial charge in [0.2, 0.25) is 0 Å². The average molecular weight is 250 g/mol. The van der Waals surface area contributed by atoms with E-state index in [1.54, 1.807) is 24.3 Å². The van der Waals surface area contributed by atoms with Gasteiger partial charge in [0, 0.05) is 12.6 Å². The molecule has 6 heteroatoms. The molecule has 0 fully saturated rings. The minimum atomic E-state index is -0.815. The molecule has 18 heavy (non-hydrogen) atoms. The molecule has 0 aliphatic carbocycles. The topological polar surface area (TPSA) is 84.5 Å². The van der Waals surface area contributed by atoms with E-state index in [9.17, 15) is 14.4 Å². The van der Waals surface area contributed by atoms with Crippen molar-refractivity contribution in [2.75, 3.05) is 7.05 Å². The van der Waals surface area contributed by atoms with Crippen molar-refractivity contribution in [2.45, 2.75) is 13.0 Å². The summed E-state index contributed by atoms with van der Waals surface area (Å²) in [6, 6.07) is 5.71. The van der Waals surface area contributed by atoms with E-state index in [1.165, 1.54) is 14.0 Å². The Hall–Kier alpha value is -2.37. The largest absolute Gasteiger partial charge is 0.481 e. The molecule has 96 valence electrons. The van der Waals surface area contributed by atoms with Gasteiger partial charge < -0.3 is 10.1 Å². The molecule has 1 aromatic rings. The highest BCUT2D eigenvalue weighted by molar-refractivity contribution is 5.96. The SMILES string of the molecule is CNC(=O)NC(=O)C(C)Oc1ccc(C=O)cc1. The van der Waals surface area contributed by atoms with Crippen molar-refractivity contribution in [3.63, 3.8) is 0 Å². The zero-order valence-corrected chi connectivity index (χ0v) is 10.1. The van der Waals surface area contributed by atoms with Crippen molar-refractivity contribution in [3.05, 3.63) is 29.8 Å². The Morgan fingerprint density at radius 1 is 1.28 bits per heavy atom. The Morgan fingerprint density at radius 2 is 1.89 bits per heavy atom. The quantitative estimate of drug-likeness (QED) is 0.771. The maximum Gasteiger partial charge on any atom is 0.321 e. The lowest BCUT2D eigenvalue weighted by molar-refractivity contribution is -0.126. The molecule has 0 heterocycles. The number of carbonyl (C=O) groups is 3. The van der Waals surface area contributed by atoms with E-state index in [0.717, 1.165) is 0 Å². The van der Waals surface area contributed by atoms with Crippen LogP contribution in [0.5, 0.6) is 5.75 Å². The fraction of sp³-hybridized carbons (Fsp3) is 0.250. The van der Waals surface area contributed by atoms with Crippen LogP contribution in [-0.2, 0) is 4.79 Å². The number of benzene rings is 1. The van der Waals surface area contributed by atoms with Crippen LogP contribution in [0, 0.1) is 0 Å². The first-order valence-electron chi connectivity index (χ1n) is 5.31. The fourth-order valence-corrected chi connectivity index (χ4v) is 1.16. The second-order valence-electron chi connectivity index (χ2n) is 3.52. The molecular weight excluding hydrogens is 236 g/mol. The van der Waals surface area contributed by atoms with Gasteiger partial charge in [-0.15, -0.1) is 0 Å². The lowest BCUT2D eigenvalue weighted by Gasteiger charge is -2.13. The number of hydrogen-bond donors (Lipinski definition) is 2. The monoisotopic (exact) mass is 250 g/mol. The third-order valence-electron chi connectivity index (χ3n) is 2.16. The third kappa shape index (κ3) is 3.89. The summed E-state index contributed by atoms with van der Waals surface area (Å²) >= 11 is 0. The number of ether oxygens (including phenoxy) is 1. The maximum atomic E-state index is 11.5. The molecule has 0 spiro atoms. The van der Waals surface area contributed by atoms with Crippen LogP contribution in [0.1, 0.15) is 17.3 Å². The molecule has 1 rings (SSSR count). The van der Waals surface area contributed by atoms with Crippen LogP contribution in [0.2, 0.25) is 0 Å². The van der Waals surface area contributed by atoms with E-state index in [-0.39, 0.29) is 0 Å². The van der Waals surface area contributed by atoms with Gasteiger partial charge in [0.15, 0.2) is 6.10 Å². The molecule has 0 aliphatic rings. The van der Waals surface area contributed by atoms with Gasteiger partial charge >= 0.3 is 6.03 Å². The molecule has 6 nitrogen and oxygen atoms in total. The van der Waals surface area contributed by atoms with E-state index in [1.807, 2.05) is 0 Å². The summed E-state index contributed by atoms with van der Waals surface area (Å²) in [6.45, 7) is 1.52. The van der Waals surface area contributed by atoms with Crippen molar-refractivity contribution < 1.29 is 19.1 Å². The van der Waals surface area contributed by atoms with Crippen LogP contribution in [0.15, 0.2) is 24.3 Å². The van der Waals surface area contributed by atoms with Crippen LogP contribution in [0.4, 0.5) is 4.79 Å². The normalized spacial score (nSPS) is 11.2. The molecule has 0 saturated heterocycles. The summed E-state index contributed by atoms with van der Waals surface area (Å²) in [5.74, 6) is -0.103. The molecular formula is C12H14N2O4. The van der Waals surface area contributed by atoms with E-state index < -0.39 is 18.0 Å². The first-order valence-corrected chi connectivity index (χ1v) is 5.31.